The van der Waals surface area contributed by atoms with Crippen LogP contribution in [0.5, 0.6) is 0 Å². The molecule has 0 N–H and O–H groups in total. The van der Waals surface area contributed by atoms with Gasteiger partial charge in [-0.1, -0.05) is 6.92 Å². The maximum atomic E-state index is 13.0. The van der Waals surface area contributed by atoms with Gasteiger partial charge in [-0.25, -0.2) is 4.98 Å². The Morgan fingerprint density at radius 1 is 1.28 bits per heavy atom. The van der Waals surface area contributed by atoms with Gasteiger partial charge in [0.15, 0.2) is 0 Å². The van der Waals surface area contributed by atoms with Gasteiger partial charge in [0.25, 0.3) is 5.91 Å². The molecule has 136 valence electrons. The topological polar surface area (TPSA) is 46.8 Å². The first-order valence-electron chi connectivity index (χ1n) is 8.23. The van der Waals surface area contributed by atoms with Gasteiger partial charge in [0.1, 0.15) is 11.3 Å². The summed E-state index contributed by atoms with van der Waals surface area (Å²) < 4.78 is 46.0. The van der Waals surface area contributed by atoms with E-state index < -0.39 is 11.7 Å². The second kappa shape index (κ2) is 6.33. The minimum atomic E-state index is -4.48. The fraction of sp³-hybridized carbons (Fsp3) is 0.529. The van der Waals surface area contributed by atoms with Crippen LogP contribution in [0.15, 0.2) is 18.3 Å². The van der Waals surface area contributed by atoms with Crippen LogP contribution in [-0.2, 0) is 17.3 Å². The van der Waals surface area contributed by atoms with Gasteiger partial charge in [-0.2, -0.15) is 13.2 Å². The zero-order valence-corrected chi connectivity index (χ0v) is 14.3. The highest BCUT2D eigenvalue weighted by Gasteiger charge is 2.33. The Hall–Kier alpha value is -2.09. The molecular formula is C17H20F3N3O2. The molecule has 5 nitrogen and oxygen atoms in total. The van der Waals surface area contributed by atoms with E-state index in [4.69, 9.17) is 4.74 Å². The lowest BCUT2D eigenvalue weighted by Crippen LogP contribution is -2.48. The van der Waals surface area contributed by atoms with E-state index >= 15 is 0 Å². The number of alkyl halides is 3. The summed E-state index contributed by atoms with van der Waals surface area (Å²) in [7, 11) is 0. The molecule has 25 heavy (non-hydrogen) atoms. The second-order valence-corrected chi connectivity index (χ2v) is 6.37. The van der Waals surface area contributed by atoms with Gasteiger partial charge >= 0.3 is 6.18 Å². The van der Waals surface area contributed by atoms with Crippen molar-refractivity contribution >= 4 is 11.6 Å². The van der Waals surface area contributed by atoms with Crippen LogP contribution in [0.1, 0.15) is 42.5 Å². The van der Waals surface area contributed by atoms with E-state index in [9.17, 15) is 18.0 Å². The number of ether oxygens (including phenoxy) is 1. The average Bonchev–Trinajstić information content (AvgIpc) is 2.90. The van der Waals surface area contributed by atoms with Crippen LogP contribution in [0.3, 0.4) is 0 Å². The van der Waals surface area contributed by atoms with Crippen LogP contribution in [0.4, 0.5) is 13.2 Å². The van der Waals surface area contributed by atoms with Gasteiger partial charge in [0.2, 0.25) is 0 Å². The predicted octanol–water partition coefficient (Wildman–Crippen LogP) is 3.16. The number of aryl methyl sites for hydroxylation is 1. The van der Waals surface area contributed by atoms with E-state index in [0.29, 0.717) is 30.9 Å². The lowest BCUT2D eigenvalue weighted by molar-refractivity contribution is -0.137. The van der Waals surface area contributed by atoms with Gasteiger partial charge in [-0.05, 0) is 32.4 Å². The number of pyridine rings is 1. The number of hydrogen-bond donors (Lipinski definition) is 0. The summed E-state index contributed by atoms with van der Waals surface area (Å²) in [6, 6.07) is 2.28. The normalized spacial score (nSPS) is 21.8. The summed E-state index contributed by atoms with van der Waals surface area (Å²) in [6.45, 7) is 6.37. The van der Waals surface area contributed by atoms with Crippen molar-refractivity contribution in [3.63, 3.8) is 0 Å². The number of carbonyl (C=O) groups excluding carboxylic acids is 1. The molecule has 1 fully saturated rings. The van der Waals surface area contributed by atoms with E-state index in [-0.39, 0.29) is 23.8 Å². The molecule has 2 unspecified atom stereocenters. The van der Waals surface area contributed by atoms with Crippen LogP contribution in [0.25, 0.3) is 5.65 Å². The molecule has 0 radical (unpaired) electrons. The second-order valence-electron chi connectivity index (χ2n) is 6.37. The molecule has 0 saturated carbocycles. The van der Waals surface area contributed by atoms with Crippen molar-refractivity contribution in [1.29, 1.82) is 0 Å². The standard InChI is InChI=1S/C17H20F3N3O2/c1-4-13-15(16(24)22-7-10(2)25-11(3)8-22)23-9-12(17(18,19)20)5-6-14(23)21-13/h5-6,9-11H,4,7-8H2,1-3H3. The summed E-state index contributed by atoms with van der Waals surface area (Å²) >= 11 is 0. The van der Waals surface area contributed by atoms with Gasteiger partial charge in [-0.3, -0.25) is 9.20 Å². The summed E-state index contributed by atoms with van der Waals surface area (Å²) in [5.74, 6) is -0.314. The monoisotopic (exact) mass is 355 g/mol. The van der Waals surface area contributed by atoms with Gasteiger partial charge < -0.3 is 9.64 Å². The van der Waals surface area contributed by atoms with Gasteiger partial charge in [0, 0.05) is 19.3 Å². The molecule has 0 aliphatic carbocycles. The first-order chi connectivity index (χ1) is 11.7. The Morgan fingerprint density at radius 3 is 2.48 bits per heavy atom. The molecule has 3 rings (SSSR count). The van der Waals surface area contributed by atoms with Crippen molar-refractivity contribution in [2.75, 3.05) is 13.1 Å². The quantitative estimate of drug-likeness (QED) is 0.831. The number of halogens is 3. The number of amides is 1. The van der Waals surface area contributed by atoms with Crippen molar-refractivity contribution in [1.82, 2.24) is 14.3 Å². The molecule has 2 atom stereocenters. The van der Waals surface area contributed by atoms with E-state index in [1.54, 1.807) is 4.90 Å². The zero-order valence-electron chi connectivity index (χ0n) is 14.3. The predicted molar refractivity (Wildman–Crippen MR) is 85.5 cm³/mol. The number of hydrogen-bond acceptors (Lipinski definition) is 3. The number of fused-ring (bicyclic) bond motifs is 1. The van der Waals surface area contributed by atoms with Crippen LogP contribution in [0, 0.1) is 0 Å². The number of rotatable bonds is 2. The minimum Gasteiger partial charge on any atom is -0.372 e. The largest absolute Gasteiger partial charge is 0.417 e. The third kappa shape index (κ3) is 3.35. The molecule has 1 aliphatic rings. The van der Waals surface area contributed by atoms with Gasteiger partial charge in [0.05, 0.1) is 23.5 Å². The molecule has 8 heteroatoms. The first-order valence-corrected chi connectivity index (χ1v) is 8.23. The highest BCUT2D eigenvalue weighted by molar-refractivity contribution is 5.95. The van der Waals surface area contributed by atoms with Crippen molar-refractivity contribution in [2.45, 2.75) is 45.6 Å². The molecule has 2 aromatic heterocycles. The van der Waals surface area contributed by atoms with E-state index in [2.05, 4.69) is 4.98 Å². The molecule has 3 heterocycles. The van der Waals surface area contributed by atoms with E-state index in [1.807, 2.05) is 20.8 Å². The molecule has 1 amide bonds. The lowest BCUT2D eigenvalue weighted by atomic mass is 10.2. The Balaban J connectivity index is 2.08. The Bertz CT molecular complexity index is 790. The molecule has 2 aromatic rings. The number of morpholine rings is 1. The van der Waals surface area contributed by atoms with E-state index in [1.165, 1.54) is 10.5 Å². The van der Waals surface area contributed by atoms with Crippen LogP contribution < -0.4 is 0 Å². The van der Waals surface area contributed by atoms with Crippen LogP contribution in [-0.4, -0.2) is 45.5 Å². The summed E-state index contributed by atoms with van der Waals surface area (Å²) in [5.41, 5.74) is 0.224. The third-order valence-electron chi connectivity index (χ3n) is 4.26. The number of nitrogens with zero attached hydrogens (tertiary/aromatic N) is 3. The first kappa shape index (κ1) is 17.7. The molecule has 1 aliphatic heterocycles. The Morgan fingerprint density at radius 2 is 1.92 bits per heavy atom. The van der Waals surface area contributed by atoms with Crippen LogP contribution in [0.2, 0.25) is 0 Å². The summed E-state index contributed by atoms with van der Waals surface area (Å²) in [6.07, 6.45) is -3.32. The molecule has 0 spiro atoms. The summed E-state index contributed by atoms with van der Waals surface area (Å²) in [5, 5.41) is 0. The Labute approximate surface area is 143 Å². The average molecular weight is 355 g/mol. The number of imidazole rings is 1. The number of carbonyl (C=O) groups is 1. The molecule has 0 aromatic carbocycles. The highest BCUT2D eigenvalue weighted by atomic mass is 19.4. The van der Waals surface area contributed by atoms with E-state index in [0.717, 1.165) is 12.3 Å². The molecule has 1 saturated heterocycles. The lowest BCUT2D eigenvalue weighted by Gasteiger charge is -2.35. The van der Waals surface area contributed by atoms with Crippen molar-refractivity contribution in [2.24, 2.45) is 0 Å². The summed E-state index contributed by atoms with van der Waals surface area (Å²) in [4.78, 5) is 19.0. The number of aromatic nitrogens is 2. The maximum absolute atomic E-state index is 13.0. The zero-order chi connectivity index (χ0) is 18.4. The van der Waals surface area contributed by atoms with Crippen molar-refractivity contribution < 1.29 is 22.7 Å². The maximum Gasteiger partial charge on any atom is 0.417 e. The Kier molecular flexibility index (Phi) is 4.49. The fourth-order valence-corrected chi connectivity index (χ4v) is 3.23. The fourth-order valence-electron chi connectivity index (χ4n) is 3.23. The van der Waals surface area contributed by atoms with Crippen LogP contribution >= 0.6 is 0 Å². The third-order valence-corrected chi connectivity index (χ3v) is 4.26. The van der Waals surface area contributed by atoms with Crippen molar-refractivity contribution in [3.8, 4) is 0 Å². The molecular weight excluding hydrogens is 335 g/mol. The van der Waals surface area contributed by atoms with Crippen molar-refractivity contribution in [3.05, 3.63) is 35.3 Å². The highest BCUT2D eigenvalue weighted by Crippen LogP contribution is 2.30. The molecule has 0 bridgehead atoms. The SMILES string of the molecule is CCc1nc2ccc(C(F)(F)F)cn2c1C(=O)N1CC(C)OC(C)C1. The smallest absolute Gasteiger partial charge is 0.372 e. The van der Waals surface area contributed by atoms with Gasteiger partial charge in [-0.15, -0.1) is 0 Å². The minimum absolute atomic E-state index is 0.123.